The first kappa shape index (κ1) is 23.5. The molecular formula is C26H32N4O4. The summed E-state index contributed by atoms with van der Waals surface area (Å²) in [6.07, 6.45) is 0.344. The Hall–Kier alpha value is -3.68. The normalized spacial score (nSPS) is 13.6. The number of methoxy groups -OCH3 is 1. The maximum Gasteiger partial charge on any atom is 0.227 e. The van der Waals surface area contributed by atoms with E-state index in [9.17, 15) is 4.79 Å². The zero-order valence-electron chi connectivity index (χ0n) is 20.0. The Morgan fingerprint density at radius 2 is 1.65 bits per heavy atom. The van der Waals surface area contributed by atoms with E-state index in [1.165, 1.54) is 0 Å². The third-order valence-corrected chi connectivity index (χ3v) is 5.88. The lowest BCUT2D eigenvalue weighted by Crippen LogP contribution is -2.49. The van der Waals surface area contributed by atoms with E-state index in [1.807, 2.05) is 61.2 Å². The molecule has 0 radical (unpaired) electrons. The summed E-state index contributed by atoms with van der Waals surface area (Å²) in [5, 5.41) is 7.60. The molecule has 0 aliphatic carbocycles. The summed E-state index contributed by atoms with van der Waals surface area (Å²) < 4.78 is 16.5. The van der Waals surface area contributed by atoms with E-state index in [-0.39, 0.29) is 5.91 Å². The minimum absolute atomic E-state index is 0.118. The summed E-state index contributed by atoms with van der Waals surface area (Å²) in [4.78, 5) is 17.1. The van der Waals surface area contributed by atoms with Gasteiger partial charge in [0.15, 0.2) is 17.3 Å². The van der Waals surface area contributed by atoms with Crippen molar-refractivity contribution >= 4 is 11.7 Å². The van der Waals surface area contributed by atoms with Crippen LogP contribution < -0.4 is 19.1 Å². The van der Waals surface area contributed by atoms with Gasteiger partial charge in [-0.3, -0.25) is 9.89 Å². The molecule has 8 nitrogen and oxygen atoms in total. The molecule has 0 bridgehead atoms. The number of piperazine rings is 1. The number of anilines is 1. The predicted molar refractivity (Wildman–Crippen MR) is 132 cm³/mol. The van der Waals surface area contributed by atoms with Gasteiger partial charge in [-0.25, -0.2) is 0 Å². The number of hydrogen-bond donors (Lipinski definition) is 1. The number of carbonyl (C=O) groups is 1. The van der Waals surface area contributed by atoms with Crippen molar-refractivity contribution in [3.8, 4) is 28.5 Å². The third kappa shape index (κ3) is 5.44. The van der Waals surface area contributed by atoms with E-state index in [2.05, 4.69) is 21.2 Å². The molecule has 1 N–H and O–H groups in total. The van der Waals surface area contributed by atoms with Crippen LogP contribution in [0.4, 0.5) is 5.82 Å². The lowest BCUT2D eigenvalue weighted by atomic mass is 10.1. The number of nitrogens with zero attached hydrogens (tertiary/aromatic N) is 3. The maximum atomic E-state index is 12.9. The Kier molecular flexibility index (Phi) is 7.57. The summed E-state index contributed by atoms with van der Waals surface area (Å²) >= 11 is 0. The van der Waals surface area contributed by atoms with Gasteiger partial charge in [0.1, 0.15) is 5.75 Å². The van der Waals surface area contributed by atoms with Crippen molar-refractivity contribution in [2.75, 3.05) is 51.4 Å². The van der Waals surface area contributed by atoms with Crippen LogP contribution in [0.2, 0.25) is 0 Å². The highest BCUT2D eigenvalue weighted by Crippen LogP contribution is 2.29. The van der Waals surface area contributed by atoms with Gasteiger partial charge in [0.2, 0.25) is 5.91 Å². The Bertz CT molecular complexity index is 1090. The summed E-state index contributed by atoms with van der Waals surface area (Å²) in [7, 11) is 1.66. The number of benzene rings is 2. The highest BCUT2D eigenvalue weighted by molar-refractivity contribution is 5.79. The van der Waals surface area contributed by atoms with E-state index in [0.29, 0.717) is 44.2 Å². The fraction of sp³-hybridized carbons (Fsp3) is 0.385. The molecule has 1 aliphatic rings. The molecule has 1 aromatic heterocycles. The van der Waals surface area contributed by atoms with Crippen molar-refractivity contribution in [2.45, 2.75) is 20.3 Å². The fourth-order valence-corrected chi connectivity index (χ4v) is 4.07. The first-order chi connectivity index (χ1) is 16.6. The van der Waals surface area contributed by atoms with Gasteiger partial charge >= 0.3 is 0 Å². The Balaban J connectivity index is 1.33. The van der Waals surface area contributed by atoms with Gasteiger partial charge in [-0.2, -0.15) is 5.10 Å². The second kappa shape index (κ2) is 11.0. The summed E-state index contributed by atoms with van der Waals surface area (Å²) in [5.74, 6) is 3.23. The van der Waals surface area contributed by atoms with Crippen LogP contribution in [0.3, 0.4) is 0 Å². The molecule has 1 saturated heterocycles. The lowest BCUT2D eigenvalue weighted by Gasteiger charge is -2.34. The number of nitrogens with one attached hydrogen (secondary N) is 1. The van der Waals surface area contributed by atoms with Gasteiger partial charge in [-0.05, 0) is 61.4 Å². The number of rotatable bonds is 9. The molecule has 180 valence electrons. The number of amides is 1. The van der Waals surface area contributed by atoms with Crippen LogP contribution >= 0.6 is 0 Å². The van der Waals surface area contributed by atoms with Crippen LogP contribution in [0.5, 0.6) is 17.2 Å². The van der Waals surface area contributed by atoms with Crippen molar-refractivity contribution < 1.29 is 19.0 Å². The molecule has 2 heterocycles. The highest BCUT2D eigenvalue weighted by Gasteiger charge is 2.23. The minimum Gasteiger partial charge on any atom is -0.497 e. The van der Waals surface area contributed by atoms with Crippen LogP contribution in [0.15, 0.2) is 48.5 Å². The van der Waals surface area contributed by atoms with Crippen molar-refractivity contribution in [3.05, 3.63) is 54.1 Å². The van der Waals surface area contributed by atoms with E-state index in [4.69, 9.17) is 14.2 Å². The van der Waals surface area contributed by atoms with Crippen LogP contribution in [0.1, 0.15) is 19.4 Å². The van der Waals surface area contributed by atoms with Crippen LogP contribution in [-0.2, 0) is 11.2 Å². The second-order valence-corrected chi connectivity index (χ2v) is 8.06. The SMILES string of the molecule is CCOc1ccc(CC(=O)N2CCN(c3cc(-c4ccc(OC)cc4)[nH]n3)CC2)cc1OCC. The molecule has 2 aromatic carbocycles. The van der Waals surface area contributed by atoms with Crippen molar-refractivity contribution in [3.63, 3.8) is 0 Å². The van der Waals surface area contributed by atoms with E-state index in [1.54, 1.807) is 7.11 Å². The molecule has 34 heavy (non-hydrogen) atoms. The molecule has 4 rings (SSSR count). The van der Waals surface area contributed by atoms with Crippen molar-refractivity contribution in [1.82, 2.24) is 15.1 Å². The molecule has 0 saturated carbocycles. The summed E-state index contributed by atoms with van der Waals surface area (Å²) in [6.45, 7) is 7.81. The standard InChI is InChI=1S/C26H32N4O4/c1-4-33-23-11-6-19(16-24(23)34-5-2)17-26(31)30-14-12-29(13-15-30)25-18-22(27-28-25)20-7-9-21(32-3)10-8-20/h6-11,16,18H,4-5,12-15,17H2,1-3H3,(H,27,28). The topological polar surface area (TPSA) is 79.9 Å². The minimum atomic E-state index is 0.118. The maximum absolute atomic E-state index is 12.9. The molecule has 0 unspecified atom stereocenters. The smallest absolute Gasteiger partial charge is 0.227 e. The molecule has 1 aliphatic heterocycles. The van der Waals surface area contributed by atoms with Gasteiger partial charge in [0.25, 0.3) is 0 Å². The average molecular weight is 465 g/mol. The quantitative estimate of drug-likeness (QED) is 0.519. The number of hydrogen-bond acceptors (Lipinski definition) is 6. The number of H-pyrrole nitrogens is 1. The summed E-state index contributed by atoms with van der Waals surface area (Å²) in [5.41, 5.74) is 2.93. The number of aromatic nitrogens is 2. The predicted octanol–water partition coefficient (Wildman–Crippen LogP) is 3.77. The molecular weight excluding hydrogens is 432 g/mol. The van der Waals surface area contributed by atoms with E-state index < -0.39 is 0 Å². The Morgan fingerprint density at radius 3 is 2.32 bits per heavy atom. The average Bonchev–Trinajstić information content (AvgIpc) is 3.36. The Morgan fingerprint density at radius 1 is 0.941 bits per heavy atom. The monoisotopic (exact) mass is 464 g/mol. The van der Waals surface area contributed by atoms with E-state index >= 15 is 0 Å². The van der Waals surface area contributed by atoms with Gasteiger partial charge in [-0.15, -0.1) is 0 Å². The first-order valence-corrected chi connectivity index (χ1v) is 11.7. The van der Waals surface area contributed by atoms with Gasteiger partial charge < -0.3 is 24.0 Å². The molecule has 1 amide bonds. The zero-order chi connectivity index (χ0) is 23.9. The van der Waals surface area contributed by atoms with Crippen LogP contribution in [-0.4, -0.2) is 67.5 Å². The van der Waals surface area contributed by atoms with Gasteiger partial charge in [0, 0.05) is 32.2 Å². The highest BCUT2D eigenvalue weighted by atomic mass is 16.5. The number of carbonyl (C=O) groups excluding carboxylic acids is 1. The molecule has 8 heteroatoms. The Labute approximate surface area is 200 Å². The molecule has 3 aromatic rings. The lowest BCUT2D eigenvalue weighted by molar-refractivity contribution is -0.130. The largest absolute Gasteiger partial charge is 0.497 e. The molecule has 0 atom stereocenters. The van der Waals surface area contributed by atoms with Gasteiger partial charge in [0.05, 0.1) is 32.4 Å². The summed E-state index contributed by atoms with van der Waals surface area (Å²) in [6, 6.07) is 15.7. The molecule has 1 fully saturated rings. The van der Waals surface area contributed by atoms with Crippen molar-refractivity contribution in [2.24, 2.45) is 0 Å². The third-order valence-electron chi connectivity index (χ3n) is 5.88. The van der Waals surface area contributed by atoms with E-state index in [0.717, 1.165) is 41.5 Å². The van der Waals surface area contributed by atoms with Crippen LogP contribution in [0, 0.1) is 0 Å². The number of aromatic amines is 1. The zero-order valence-corrected chi connectivity index (χ0v) is 20.0. The number of ether oxygens (including phenoxy) is 3. The fourth-order valence-electron chi connectivity index (χ4n) is 4.07. The van der Waals surface area contributed by atoms with Gasteiger partial charge in [-0.1, -0.05) is 6.07 Å². The first-order valence-electron chi connectivity index (χ1n) is 11.7. The second-order valence-electron chi connectivity index (χ2n) is 8.06. The van der Waals surface area contributed by atoms with Crippen molar-refractivity contribution in [1.29, 1.82) is 0 Å². The molecule has 0 spiro atoms. The van der Waals surface area contributed by atoms with Crippen LogP contribution in [0.25, 0.3) is 11.3 Å².